The zero-order chi connectivity index (χ0) is 30.1. The SMILES string of the molecule is CCc1ccccc1N1C(=O)CSC1NC(=O)CC1CC1c1ccc(-c2ncn(-c3ccc(OC(F)(F)F)cc3)n2)cc1. The number of nitrogens with zero attached hydrogens (tertiary/aromatic N) is 4. The van der Waals surface area contributed by atoms with Crippen LogP contribution in [0.5, 0.6) is 5.75 Å². The first-order chi connectivity index (χ1) is 20.7. The van der Waals surface area contributed by atoms with Gasteiger partial charge in [-0.3, -0.25) is 14.5 Å². The van der Waals surface area contributed by atoms with Crippen molar-refractivity contribution in [3.05, 3.63) is 90.3 Å². The molecule has 4 aromatic rings. The van der Waals surface area contributed by atoms with Crippen LogP contribution in [0, 0.1) is 5.92 Å². The van der Waals surface area contributed by atoms with Gasteiger partial charge in [-0.05, 0) is 66.1 Å². The molecular weight excluding hydrogens is 579 g/mol. The molecule has 1 saturated heterocycles. The van der Waals surface area contributed by atoms with E-state index in [0.717, 1.165) is 35.2 Å². The minimum Gasteiger partial charge on any atom is -0.406 e. The number of thioether (sulfide) groups is 1. The van der Waals surface area contributed by atoms with Gasteiger partial charge in [-0.15, -0.1) is 30.0 Å². The summed E-state index contributed by atoms with van der Waals surface area (Å²) in [5.74, 6) is 0.930. The smallest absolute Gasteiger partial charge is 0.406 e. The molecule has 3 unspecified atom stereocenters. The molecular formula is C31H28F3N5O3S. The first kappa shape index (κ1) is 28.8. The number of amides is 2. The van der Waals surface area contributed by atoms with E-state index >= 15 is 0 Å². The van der Waals surface area contributed by atoms with E-state index in [1.165, 1.54) is 47.0 Å². The Morgan fingerprint density at radius 3 is 2.53 bits per heavy atom. The number of anilines is 1. The molecule has 3 atom stereocenters. The van der Waals surface area contributed by atoms with E-state index in [0.29, 0.717) is 23.7 Å². The van der Waals surface area contributed by atoms with Crippen LogP contribution in [0.4, 0.5) is 18.9 Å². The van der Waals surface area contributed by atoms with Crippen LogP contribution in [-0.4, -0.2) is 44.2 Å². The number of para-hydroxylation sites is 1. The van der Waals surface area contributed by atoms with Crippen molar-refractivity contribution in [2.45, 2.75) is 44.0 Å². The Kier molecular flexibility index (Phi) is 7.87. The normalized spacial score (nSPS) is 19.9. The van der Waals surface area contributed by atoms with Gasteiger partial charge in [0, 0.05) is 17.7 Å². The molecule has 222 valence electrons. The van der Waals surface area contributed by atoms with Gasteiger partial charge in [-0.25, -0.2) is 9.67 Å². The Hall–Kier alpha value is -4.32. The fraction of sp³-hybridized carbons (Fsp3) is 0.290. The second kappa shape index (κ2) is 11.8. The number of aromatic nitrogens is 3. The number of carbonyl (C=O) groups excluding carboxylic acids is 2. The lowest BCUT2D eigenvalue weighted by atomic mass is 10.1. The Labute approximate surface area is 250 Å². The third kappa shape index (κ3) is 6.53. The summed E-state index contributed by atoms with van der Waals surface area (Å²) in [5.41, 5.74) is 3.97. The molecule has 2 heterocycles. The Morgan fingerprint density at radius 2 is 1.81 bits per heavy atom. The zero-order valence-corrected chi connectivity index (χ0v) is 23.9. The van der Waals surface area contributed by atoms with Crippen molar-refractivity contribution < 1.29 is 27.5 Å². The lowest BCUT2D eigenvalue weighted by molar-refractivity contribution is -0.274. The highest BCUT2D eigenvalue weighted by atomic mass is 32.2. The molecule has 43 heavy (non-hydrogen) atoms. The Balaban J connectivity index is 1.04. The van der Waals surface area contributed by atoms with Crippen LogP contribution < -0.4 is 15.0 Å². The number of benzene rings is 3. The second-order valence-electron chi connectivity index (χ2n) is 10.5. The van der Waals surface area contributed by atoms with Crippen LogP contribution in [-0.2, 0) is 16.0 Å². The molecule has 1 N–H and O–H groups in total. The molecule has 12 heteroatoms. The van der Waals surface area contributed by atoms with Gasteiger partial charge in [0.15, 0.2) is 11.3 Å². The molecule has 2 aliphatic rings. The van der Waals surface area contributed by atoms with Gasteiger partial charge in [0.2, 0.25) is 11.8 Å². The molecule has 1 saturated carbocycles. The van der Waals surface area contributed by atoms with Crippen LogP contribution >= 0.6 is 11.8 Å². The van der Waals surface area contributed by atoms with E-state index in [9.17, 15) is 22.8 Å². The third-order valence-corrected chi connectivity index (χ3v) is 8.64. The van der Waals surface area contributed by atoms with Crippen LogP contribution in [0.3, 0.4) is 0 Å². The lowest BCUT2D eigenvalue weighted by Crippen LogP contribution is -2.45. The minimum absolute atomic E-state index is 0.00616. The number of ether oxygens (including phenoxy) is 1. The van der Waals surface area contributed by atoms with E-state index in [2.05, 4.69) is 20.1 Å². The first-order valence-electron chi connectivity index (χ1n) is 13.9. The van der Waals surface area contributed by atoms with Crippen molar-refractivity contribution in [1.29, 1.82) is 0 Å². The number of rotatable bonds is 9. The topological polar surface area (TPSA) is 89.4 Å². The summed E-state index contributed by atoms with van der Waals surface area (Å²) in [6.45, 7) is 2.05. The summed E-state index contributed by atoms with van der Waals surface area (Å²) in [4.78, 5) is 31.7. The average molecular weight is 608 g/mol. The maximum absolute atomic E-state index is 13.0. The van der Waals surface area contributed by atoms with Gasteiger partial charge in [0.25, 0.3) is 0 Å². The van der Waals surface area contributed by atoms with E-state index in [-0.39, 0.29) is 29.4 Å². The minimum atomic E-state index is -4.75. The molecule has 0 spiro atoms. The van der Waals surface area contributed by atoms with Gasteiger partial charge >= 0.3 is 6.36 Å². The summed E-state index contributed by atoms with van der Waals surface area (Å²) >= 11 is 1.43. The largest absolute Gasteiger partial charge is 0.573 e. The van der Waals surface area contributed by atoms with E-state index in [1.54, 1.807) is 4.90 Å². The molecule has 2 amide bonds. The quantitative estimate of drug-likeness (QED) is 0.249. The second-order valence-corrected chi connectivity index (χ2v) is 11.5. The summed E-state index contributed by atoms with van der Waals surface area (Å²) in [6, 6.07) is 21.0. The number of aryl methyl sites for hydroxylation is 1. The monoisotopic (exact) mass is 607 g/mol. The van der Waals surface area contributed by atoms with E-state index in [1.807, 2.05) is 55.5 Å². The molecule has 1 aliphatic heterocycles. The lowest BCUT2D eigenvalue weighted by Gasteiger charge is -2.26. The maximum Gasteiger partial charge on any atom is 0.573 e. The summed E-state index contributed by atoms with van der Waals surface area (Å²) in [5, 5.41) is 7.52. The average Bonchev–Trinajstić information content (AvgIpc) is 3.39. The third-order valence-electron chi connectivity index (χ3n) is 7.58. The maximum atomic E-state index is 13.0. The molecule has 2 fully saturated rings. The molecule has 0 radical (unpaired) electrons. The Morgan fingerprint density at radius 1 is 1.07 bits per heavy atom. The number of nitrogens with one attached hydrogen (secondary N) is 1. The molecule has 1 aromatic heterocycles. The van der Waals surface area contributed by atoms with Crippen molar-refractivity contribution in [2.75, 3.05) is 10.7 Å². The fourth-order valence-electron chi connectivity index (χ4n) is 5.35. The molecule has 3 aromatic carbocycles. The predicted molar refractivity (Wildman–Crippen MR) is 157 cm³/mol. The van der Waals surface area contributed by atoms with Crippen molar-refractivity contribution >= 4 is 29.3 Å². The number of hydrogen-bond acceptors (Lipinski definition) is 6. The number of halogens is 3. The van der Waals surface area contributed by atoms with Gasteiger partial charge in [0.1, 0.15) is 12.1 Å². The van der Waals surface area contributed by atoms with Gasteiger partial charge in [-0.1, -0.05) is 49.4 Å². The highest BCUT2D eigenvalue weighted by Crippen LogP contribution is 2.49. The van der Waals surface area contributed by atoms with Crippen molar-refractivity contribution in [3.63, 3.8) is 0 Å². The van der Waals surface area contributed by atoms with Crippen LogP contribution in [0.15, 0.2) is 79.1 Å². The van der Waals surface area contributed by atoms with Gasteiger partial charge < -0.3 is 10.1 Å². The molecule has 0 bridgehead atoms. The Bertz CT molecular complexity index is 1620. The number of carbonyl (C=O) groups is 2. The van der Waals surface area contributed by atoms with E-state index in [4.69, 9.17) is 0 Å². The van der Waals surface area contributed by atoms with Crippen molar-refractivity contribution in [3.8, 4) is 22.8 Å². The van der Waals surface area contributed by atoms with Crippen LogP contribution in [0.2, 0.25) is 0 Å². The summed E-state index contributed by atoms with van der Waals surface area (Å²) in [6.07, 6.45) is -1.16. The van der Waals surface area contributed by atoms with E-state index < -0.39 is 11.9 Å². The van der Waals surface area contributed by atoms with Crippen molar-refractivity contribution in [2.24, 2.45) is 5.92 Å². The highest BCUT2D eigenvalue weighted by Gasteiger charge is 2.41. The molecule has 8 nitrogen and oxygen atoms in total. The summed E-state index contributed by atoms with van der Waals surface area (Å²) < 4.78 is 42.6. The fourth-order valence-corrected chi connectivity index (χ4v) is 6.39. The molecule has 1 aliphatic carbocycles. The summed E-state index contributed by atoms with van der Waals surface area (Å²) in [7, 11) is 0. The van der Waals surface area contributed by atoms with Gasteiger partial charge in [0.05, 0.1) is 11.4 Å². The highest BCUT2D eigenvalue weighted by molar-refractivity contribution is 8.01. The predicted octanol–water partition coefficient (Wildman–Crippen LogP) is 6.07. The van der Waals surface area contributed by atoms with Crippen LogP contribution in [0.25, 0.3) is 17.1 Å². The zero-order valence-electron chi connectivity index (χ0n) is 23.1. The van der Waals surface area contributed by atoms with Crippen LogP contribution in [0.1, 0.15) is 36.8 Å². The van der Waals surface area contributed by atoms with Gasteiger partial charge in [-0.2, -0.15) is 0 Å². The molecule has 6 rings (SSSR count). The van der Waals surface area contributed by atoms with Crippen molar-refractivity contribution in [1.82, 2.24) is 20.1 Å². The standard InChI is InChI=1S/C31H28F3N5O3S/c1-2-19-5-3-4-6-26(19)39-28(41)17-43-30(39)36-27(40)16-22-15-25(22)20-7-9-21(10-8-20)29-35-18-38(37-29)23-11-13-24(14-12-23)42-31(32,33)34/h3-14,18,22,25,30H,2,15-17H2,1H3,(H,36,40). The number of hydrogen-bond donors (Lipinski definition) is 1. The first-order valence-corrected chi connectivity index (χ1v) is 14.9. The number of alkyl halides is 3.